The molecule has 0 fully saturated rings. The zero-order chi connectivity index (χ0) is 6.24. The molecule has 0 unspecified atom stereocenters. The first-order chi connectivity index (χ1) is 3.91. The van der Waals surface area contributed by atoms with Crippen LogP contribution >= 0.6 is 0 Å². The van der Waals surface area contributed by atoms with Gasteiger partial charge in [0.05, 0.1) is 0 Å². The van der Waals surface area contributed by atoms with E-state index in [1.165, 1.54) is 12.8 Å². The first kappa shape index (κ1) is 7.48. The second kappa shape index (κ2) is 6.48. The summed E-state index contributed by atoms with van der Waals surface area (Å²) in [7, 11) is 0. The summed E-state index contributed by atoms with van der Waals surface area (Å²) in [4.78, 5) is 0. The maximum atomic E-state index is 3.63. The number of hydrogen-bond donors (Lipinski definition) is 0. The second-order valence-corrected chi connectivity index (χ2v) is 1.86. The van der Waals surface area contributed by atoms with E-state index in [1.54, 1.807) is 0 Å². The highest BCUT2D eigenvalue weighted by Gasteiger charge is 1.79. The van der Waals surface area contributed by atoms with Crippen LogP contribution in [0.3, 0.4) is 0 Å². The fourth-order valence-corrected chi connectivity index (χ4v) is 0.577. The highest BCUT2D eigenvalue weighted by atomic mass is 13.9. The predicted octanol–water partition coefficient (Wildman–Crippen LogP) is 2.92. The molecular formula is C8H14. The van der Waals surface area contributed by atoms with Crippen LogP contribution in [0.25, 0.3) is 0 Å². The Kier molecular flexibility index (Phi) is 6.06. The molecule has 0 aromatic rings. The molecule has 0 bridgehead atoms. The maximum Gasteiger partial charge on any atom is -0.0353 e. The van der Waals surface area contributed by atoms with Crippen molar-refractivity contribution in [1.29, 1.82) is 0 Å². The van der Waals surface area contributed by atoms with Crippen molar-refractivity contribution in [1.82, 2.24) is 0 Å². The molecular weight excluding hydrogens is 96.1 g/mol. The Morgan fingerprint density at radius 3 is 1.50 bits per heavy atom. The molecule has 0 aliphatic heterocycles. The van der Waals surface area contributed by atoms with Crippen molar-refractivity contribution in [2.75, 3.05) is 0 Å². The van der Waals surface area contributed by atoms with E-state index in [1.807, 2.05) is 12.2 Å². The Morgan fingerprint density at radius 1 is 0.875 bits per heavy atom. The Labute approximate surface area is 51.9 Å². The van der Waals surface area contributed by atoms with E-state index in [0.717, 1.165) is 12.8 Å². The summed E-state index contributed by atoms with van der Waals surface area (Å²) in [5.41, 5.74) is 0. The second-order valence-electron chi connectivity index (χ2n) is 1.86. The van der Waals surface area contributed by atoms with Crippen molar-refractivity contribution in [3.05, 3.63) is 25.3 Å². The van der Waals surface area contributed by atoms with Gasteiger partial charge < -0.3 is 0 Å². The standard InChI is InChI=1S/C8H14/c1-3-5-7-8-6-4-2/h3-4H,1-2,5-8H2. The highest BCUT2D eigenvalue weighted by molar-refractivity contribution is 4.69. The SMILES string of the molecule is C=CCCCCC=C. The van der Waals surface area contributed by atoms with Crippen molar-refractivity contribution in [2.24, 2.45) is 0 Å². The molecule has 0 spiro atoms. The molecule has 0 nitrogen and oxygen atoms in total. The Bertz CT molecular complexity index is 52.4. The van der Waals surface area contributed by atoms with E-state index >= 15 is 0 Å². The van der Waals surface area contributed by atoms with E-state index in [-0.39, 0.29) is 0 Å². The third kappa shape index (κ3) is 5.48. The molecule has 0 heteroatoms. The number of hydrogen-bond acceptors (Lipinski definition) is 0. The third-order valence-corrected chi connectivity index (χ3v) is 1.07. The van der Waals surface area contributed by atoms with Crippen LogP contribution in [0.4, 0.5) is 0 Å². The molecule has 0 aromatic heterocycles. The van der Waals surface area contributed by atoms with Gasteiger partial charge in [-0.05, 0) is 25.7 Å². The average Bonchev–Trinajstić information content (AvgIpc) is 1.81. The van der Waals surface area contributed by atoms with Crippen LogP contribution in [0, 0.1) is 0 Å². The number of allylic oxidation sites excluding steroid dienone is 2. The quantitative estimate of drug-likeness (QED) is 0.377. The van der Waals surface area contributed by atoms with Gasteiger partial charge in [0, 0.05) is 0 Å². The van der Waals surface area contributed by atoms with Crippen molar-refractivity contribution >= 4 is 0 Å². The Morgan fingerprint density at radius 2 is 1.25 bits per heavy atom. The van der Waals surface area contributed by atoms with Crippen molar-refractivity contribution in [3.8, 4) is 0 Å². The molecule has 46 valence electrons. The van der Waals surface area contributed by atoms with Gasteiger partial charge in [0.1, 0.15) is 0 Å². The highest BCUT2D eigenvalue weighted by Crippen LogP contribution is 1.99. The van der Waals surface area contributed by atoms with E-state index in [2.05, 4.69) is 13.2 Å². The van der Waals surface area contributed by atoms with Gasteiger partial charge in [0.15, 0.2) is 0 Å². The minimum atomic E-state index is 1.15. The van der Waals surface area contributed by atoms with Gasteiger partial charge in [-0.25, -0.2) is 0 Å². The molecule has 0 aromatic carbocycles. The lowest BCUT2D eigenvalue weighted by Gasteiger charge is -1.89. The average molecular weight is 110 g/mol. The van der Waals surface area contributed by atoms with Gasteiger partial charge >= 0.3 is 0 Å². The maximum absolute atomic E-state index is 3.63. The smallest absolute Gasteiger partial charge is 0.0353 e. The van der Waals surface area contributed by atoms with Gasteiger partial charge in [0.25, 0.3) is 0 Å². The summed E-state index contributed by atoms with van der Waals surface area (Å²) in [6.45, 7) is 7.26. The molecule has 0 heterocycles. The molecule has 0 saturated heterocycles. The Hall–Kier alpha value is -0.520. The summed E-state index contributed by atoms with van der Waals surface area (Å²) >= 11 is 0. The molecule has 0 N–H and O–H groups in total. The normalized spacial score (nSPS) is 8.50. The molecule has 0 aliphatic rings. The van der Waals surface area contributed by atoms with E-state index in [9.17, 15) is 0 Å². The van der Waals surface area contributed by atoms with E-state index < -0.39 is 0 Å². The van der Waals surface area contributed by atoms with Crippen molar-refractivity contribution in [3.63, 3.8) is 0 Å². The van der Waals surface area contributed by atoms with Crippen LogP contribution < -0.4 is 0 Å². The first-order valence-corrected chi connectivity index (χ1v) is 3.13. The predicted molar refractivity (Wildman–Crippen MR) is 38.9 cm³/mol. The molecule has 0 aliphatic carbocycles. The van der Waals surface area contributed by atoms with Gasteiger partial charge in [0.2, 0.25) is 0 Å². The monoisotopic (exact) mass is 110 g/mol. The summed E-state index contributed by atoms with van der Waals surface area (Å²) in [6.07, 6.45) is 8.74. The number of rotatable bonds is 5. The Balaban J connectivity index is 2.71. The van der Waals surface area contributed by atoms with Crippen LogP contribution in [0.2, 0.25) is 0 Å². The van der Waals surface area contributed by atoms with Gasteiger partial charge in [-0.2, -0.15) is 0 Å². The van der Waals surface area contributed by atoms with Crippen molar-refractivity contribution in [2.45, 2.75) is 25.7 Å². The molecule has 0 radical (unpaired) electrons. The summed E-state index contributed by atoms with van der Waals surface area (Å²) in [5, 5.41) is 0. The van der Waals surface area contributed by atoms with Crippen LogP contribution in [0.1, 0.15) is 25.7 Å². The van der Waals surface area contributed by atoms with Crippen LogP contribution in [-0.2, 0) is 0 Å². The van der Waals surface area contributed by atoms with Crippen LogP contribution in [0.15, 0.2) is 25.3 Å². The zero-order valence-corrected chi connectivity index (χ0v) is 5.40. The van der Waals surface area contributed by atoms with E-state index in [0.29, 0.717) is 0 Å². The molecule has 0 atom stereocenters. The summed E-state index contributed by atoms with van der Waals surface area (Å²) < 4.78 is 0. The lowest BCUT2D eigenvalue weighted by molar-refractivity contribution is 0.764. The number of unbranched alkanes of at least 4 members (excludes halogenated alkanes) is 3. The van der Waals surface area contributed by atoms with Gasteiger partial charge in [-0.1, -0.05) is 12.2 Å². The molecule has 0 rings (SSSR count). The molecule has 8 heavy (non-hydrogen) atoms. The summed E-state index contributed by atoms with van der Waals surface area (Å²) in [6, 6.07) is 0. The first-order valence-electron chi connectivity index (χ1n) is 3.13. The fraction of sp³-hybridized carbons (Fsp3) is 0.500. The van der Waals surface area contributed by atoms with Crippen molar-refractivity contribution < 1.29 is 0 Å². The topological polar surface area (TPSA) is 0 Å². The minimum Gasteiger partial charge on any atom is -0.103 e. The zero-order valence-electron chi connectivity index (χ0n) is 5.40. The van der Waals surface area contributed by atoms with Gasteiger partial charge in [-0.15, -0.1) is 13.2 Å². The lowest BCUT2D eigenvalue weighted by atomic mass is 10.2. The minimum absolute atomic E-state index is 1.15. The van der Waals surface area contributed by atoms with Crippen LogP contribution in [-0.4, -0.2) is 0 Å². The summed E-state index contributed by atoms with van der Waals surface area (Å²) in [5.74, 6) is 0. The lowest BCUT2D eigenvalue weighted by Crippen LogP contribution is -1.69. The van der Waals surface area contributed by atoms with Gasteiger partial charge in [-0.3, -0.25) is 0 Å². The molecule has 0 saturated carbocycles. The van der Waals surface area contributed by atoms with E-state index in [4.69, 9.17) is 0 Å². The third-order valence-electron chi connectivity index (χ3n) is 1.07. The van der Waals surface area contributed by atoms with Crippen LogP contribution in [0.5, 0.6) is 0 Å². The molecule has 0 amide bonds. The fourth-order valence-electron chi connectivity index (χ4n) is 0.577. The largest absolute Gasteiger partial charge is 0.103 e.